The molecule has 0 saturated carbocycles. The molecule has 0 spiro atoms. The van der Waals surface area contributed by atoms with Crippen molar-refractivity contribution in [1.82, 2.24) is 10.5 Å². The van der Waals surface area contributed by atoms with Gasteiger partial charge in [0, 0.05) is 5.56 Å². The Bertz CT molecular complexity index is 405. The molecule has 5 heteroatoms. The molecule has 2 heterocycles. The summed E-state index contributed by atoms with van der Waals surface area (Å²) in [5, 5.41) is 16.5. The van der Waals surface area contributed by atoms with E-state index in [2.05, 4.69) is 10.5 Å². The van der Waals surface area contributed by atoms with Gasteiger partial charge in [-0.15, -0.1) is 0 Å². The summed E-state index contributed by atoms with van der Waals surface area (Å²) in [4.78, 5) is 11.5. The summed E-state index contributed by atoms with van der Waals surface area (Å²) >= 11 is 0. The minimum absolute atomic E-state index is 0.527. The van der Waals surface area contributed by atoms with Crippen molar-refractivity contribution in [2.45, 2.75) is 32.1 Å². The standard InChI is InChI=1S/C11H16N2O3/c1-7-8(2)13-16-9(7)11(10(14)15)3-5-12-6-4-11/h12H,3-6H2,1-2H3,(H,14,15). The average molecular weight is 224 g/mol. The van der Waals surface area contributed by atoms with Crippen molar-refractivity contribution < 1.29 is 14.4 Å². The number of rotatable bonds is 2. The molecule has 0 bridgehead atoms. The summed E-state index contributed by atoms with van der Waals surface area (Å²) < 4.78 is 5.24. The second-order valence-corrected chi connectivity index (χ2v) is 4.36. The normalized spacial score (nSPS) is 19.6. The predicted molar refractivity (Wildman–Crippen MR) is 57.4 cm³/mol. The van der Waals surface area contributed by atoms with E-state index < -0.39 is 11.4 Å². The highest BCUT2D eigenvalue weighted by atomic mass is 16.5. The fraction of sp³-hybridized carbons (Fsp3) is 0.636. The average Bonchev–Trinajstić information content (AvgIpc) is 2.61. The minimum atomic E-state index is -0.892. The van der Waals surface area contributed by atoms with E-state index in [4.69, 9.17) is 4.52 Å². The van der Waals surface area contributed by atoms with Gasteiger partial charge in [0.25, 0.3) is 0 Å². The van der Waals surface area contributed by atoms with Gasteiger partial charge in [-0.25, -0.2) is 0 Å². The Kier molecular flexibility index (Phi) is 2.71. The van der Waals surface area contributed by atoms with E-state index in [0.717, 1.165) is 11.3 Å². The molecule has 0 amide bonds. The quantitative estimate of drug-likeness (QED) is 0.783. The third-order valence-electron chi connectivity index (χ3n) is 3.46. The SMILES string of the molecule is Cc1noc(C2(C(=O)O)CCNCC2)c1C. The number of nitrogens with zero attached hydrogens (tertiary/aromatic N) is 1. The Morgan fingerprint density at radius 3 is 2.50 bits per heavy atom. The third-order valence-corrected chi connectivity index (χ3v) is 3.46. The number of aryl methyl sites for hydroxylation is 1. The van der Waals surface area contributed by atoms with Gasteiger partial charge in [0.05, 0.1) is 5.69 Å². The van der Waals surface area contributed by atoms with Crippen molar-refractivity contribution >= 4 is 5.97 Å². The maximum absolute atomic E-state index is 11.5. The van der Waals surface area contributed by atoms with Crippen LogP contribution < -0.4 is 5.32 Å². The second-order valence-electron chi connectivity index (χ2n) is 4.36. The molecule has 0 aromatic carbocycles. The zero-order valence-electron chi connectivity index (χ0n) is 9.54. The lowest BCUT2D eigenvalue weighted by atomic mass is 9.75. The number of carbonyl (C=O) groups is 1. The highest BCUT2D eigenvalue weighted by molar-refractivity contribution is 5.81. The van der Waals surface area contributed by atoms with Gasteiger partial charge in [0.1, 0.15) is 5.41 Å². The highest BCUT2D eigenvalue weighted by Crippen LogP contribution is 2.36. The lowest BCUT2D eigenvalue weighted by Crippen LogP contribution is -2.45. The first-order valence-electron chi connectivity index (χ1n) is 5.45. The maximum atomic E-state index is 11.5. The van der Waals surface area contributed by atoms with E-state index in [-0.39, 0.29) is 0 Å². The molecule has 2 N–H and O–H groups in total. The number of aromatic nitrogens is 1. The molecule has 1 fully saturated rings. The molecule has 1 aromatic rings. The van der Waals surface area contributed by atoms with Crippen molar-refractivity contribution in [3.63, 3.8) is 0 Å². The molecular formula is C11H16N2O3. The van der Waals surface area contributed by atoms with Crippen LogP contribution in [0.1, 0.15) is 29.9 Å². The third kappa shape index (κ3) is 1.51. The van der Waals surface area contributed by atoms with Crippen molar-refractivity contribution in [3.8, 4) is 0 Å². The molecular weight excluding hydrogens is 208 g/mol. The number of piperidine rings is 1. The number of hydrogen-bond donors (Lipinski definition) is 2. The summed E-state index contributed by atoms with van der Waals surface area (Å²) in [5.41, 5.74) is 0.745. The van der Waals surface area contributed by atoms with Crippen molar-refractivity contribution in [3.05, 3.63) is 17.0 Å². The van der Waals surface area contributed by atoms with Crippen LogP contribution in [0.3, 0.4) is 0 Å². The first kappa shape index (κ1) is 11.1. The Morgan fingerprint density at radius 1 is 1.44 bits per heavy atom. The molecule has 1 aliphatic rings. The van der Waals surface area contributed by atoms with Gasteiger partial charge in [-0.2, -0.15) is 0 Å². The van der Waals surface area contributed by atoms with Gasteiger partial charge in [0.2, 0.25) is 0 Å². The molecule has 0 aliphatic carbocycles. The van der Waals surface area contributed by atoms with Crippen LogP contribution in [0.5, 0.6) is 0 Å². The highest BCUT2D eigenvalue weighted by Gasteiger charge is 2.46. The number of nitrogens with one attached hydrogen (secondary N) is 1. The summed E-state index contributed by atoms with van der Waals surface area (Å²) in [6.07, 6.45) is 1.11. The zero-order valence-corrected chi connectivity index (χ0v) is 9.54. The predicted octanol–water partition coefficient (Wildman–Crippen LogP) is 0.997. The largest absolute Gasteiger partial charge is 0.480 e. The molecule has 1 saturated heterocycles. The number of carboxylic acids is 1. The van der Waals surface area contributed by atoms with Crippen LogP contribution in [0.15, 0.2) is 4.52 Å². The monoisotopic (exact) mass is 224 g/mol. The molecule has 16 heavy (non-hydrogen) atoms. The smallest absolute Gasteiger partial charge is 0.317 e. The van der Waals surface area contributed by atoms with Gasteiger partial charge in [-0.1, -0.05) is 5.16 Å². The molecule has 0 atom stereocenters. The van der Waals surface area contributed by atoms with E-state index in [1.54, 1.807) is 0 Å². The van der Waals surface area contributed by atoms with Crippen LogP contribution in [0, 0.1) is 13.8 Å². The Balaban J connectivity index is 2.47. The number of aliphatic carboxylic acids is 1. The summed E-state index contributed by atoms with van der Waals surface area (Å²) in [6, 6.07) is 0. The Hall–Kier alpha value is -1.36. The maximum Gasteiger partial charge on any atom is 0.317 e. The van der Waals surface area contributed by atoms with Crippen LogP contribution in [-0.4, -0.2) is 29.3 Å². The van der Waals surface area contributed by atoms with E-state index in [1.165, 1.54) is 0 Å². The zero-order chi connectivity index (χ0) is 11.8. The molecule has 1 aromatic heterocycles. The molecule has 5 nitrogen and oxygen atoms in total. The van der Waals surface area contributed by atoms with Gasteiger partial charge in [-0.05, 0) is 39.8 Å². The lowest BCUT2D eigenvalue weighted by molar-refractivity contribution is -0.146. The van der Waals surface area contributed by atoms with Crippen LogP contribution in [-0.2, 0) is 10.2 Å². The van der Waals surface area contributed by atoms with Crippen LogP contribution in [0.2, 0.25) is 0 Å². The Morgan fingerprint density at radius 2 is 2.06 bits per heavy atom. The van der Waals surface area contributed by atoms with Gasteiger partial charge in [0.15, 0.2) is 5.76 Å². The van der Waals surface area contributed by atoms with Crippen molar-refractivity contribution in [2.24, 2.45) is 0 Å². The lowest BCUT2D eigenvalue weighted by Gasteiger charge is -2.31. The molecule has 0 unspecified atom stereocenters. The van der Waals surface area contributed by atoms with E-state index >= 15 is 0 Å². The fourth-order valence-electron chi connectivity index (χ4n) is 2.25. The first-order valence-corrected chi connectivity index (χ1v) is 5.45. The topological polar surface area (TPSA) is 75.4 Å². The van der Waals surface area contributed by atoms with E-state index in [1.807, 2.05) is 13.8 Å². The summed E-state index contributed by atoms with van der Waals surface area (Å²) in [6.45, 7) is 5.10. The summed E-state index contributed by atoms with van der Waals surface area (Å²) in [7, 11) is 0. The molecule has 0 radical (unpaired) electrons. The van der Waals surface area contributed by atoms with Gasteiger partial charge in [-0.3, -0.25) is 4.79 Å². The van der Waals surface area contributed by atoms with E-state index in [9.17, 15) is 9.90 Å². The molecule has 2 rings (SSSR count). The first-order chi connectivity index (χ1) is 7.58. The van der Waals surface area contributed by atoms with Crippen molar-refractivity contribution in [2.75, 3.05) is 13.1 Å². The number of hydrogen-bond acceptors (Lipinski definition) is 4. The van der Waals surface area contributed by atoms with Crippen molar-refractivity contribution in [1.29, 1.82) is 0 Å². The fourth-order valence-corrected chi connectivity index (χ4v) is 2.25. The Labute approximate surface area is 93.8 Å². The van der Waals surface area contributed by atoms with E-state index in [0.29, 0.717) is 31.7 Å². The van der Waals surface area contributed by atoms with Gasteiger partial charge < -0.3 is 14.9 Å². The second kappa shape index (κ2) is 3.90. The molecule has 1 aliphatic heterocycles. The van der Waals surface area contributed by atoms with Gasteiger partial charge >= 0.3 is 5.97 Å². The van der Waals surface area contributed by atoms with Crippen LogP contribution in [0.25, 0.3) is 0 Å². The summed E-state index contributed by atoms with van der Waals surface area (Å²) in [5.74, 6) is -0.285. The minimum Gasteiger partial charge on any atom is -0.480 e. The van der Waals surface area contributed by atoms with Crippen LogP contribution >= 0.6 is 0 Å². The van der Waals surface area contributed by atoms with Crippen LogP contribution in [0.4, 0.5) is 0 Å². The number of carboxylic acid groups (broad SMARTS) is 1. The molecule has 88 valence electrons.